The monoisotopic (exact) mass is 340 g/mol. The fourth-order valence-corrected chi connectivity index (χ4v) is 3.76. The Balaban J connectivity index is 1.79. The first kappa shape index (κ1) is 16.4. The van der Waals surface area contributed by atoms with E-state index in [1.165, 1.54) is 28.7 Å². The third-order valence-electron chi connectivity index (χ3n) is 5.06. The minimum atomic E-state index is 0.693. The molecular weight excluding hydrogens is 318 g/mol. The van der Waals surface area contributed by atoms with Gasteiger partial charge in [0.25, 0.3) is 5.82 Å². The van der Waals surface area contributed by atoms with E-state index in [9.17, 15) is 5.26 Å². The van der Waals surface area contributed by atoms with E-state index in [0.717, 1.165) is 36.3 Å². The predicted molar refractivity (Wildman–Crippen MR) is 104 cm³/mol. The van der Waals surface area contributed by atoms with Gasteiger partial charge < -0.3 is 0 Å². The lowest BCUT2D eigenvalue weighted by atomic mass is 9.86. The third-order valence-corrected chi connectivity index (χ3v) is 5.06. The van der Waals surface area contributed by atoms with Crippen LogP contribution in [-0.2, 0) is 19.4 Å². The molecule has 0 saturated carbocycles. The lowest BCUT2D eigenvalue weighted by Gasteiger charge is -2.20. The lowest BCUT2D eigenvalue weighted by molar-refractivity contribution is -0.348. The summed E-state index contributed by atoms with van der Waals surface area (Å²) in [7, 11) is 0. The van der Waals surface area contributed by atoms with E-state index in [1.807, 2.05) is 24.3 Å². The van der Waals surface area contributed by atoms with Crippen molar-refractivity contribution in [1.82, 2.24) is 0 Å². The van der Waals surface area contributed by atoms with E-state index in [4.69, 9.17) is 0 Å². The summed E-state index contributed by atoms with van der Waals surface area (Å²) in [6.07, 6.45) is 4.34. The second-order valence-corrected chi connectivity index (χ2v) is 6.73. The molecule has 26 heavy (non-hydrogen) atoms. The van der Waals surface area contributed by atoms with Crippen molar-refractivity contribution in [3.63, 3.8) is 0 Å². The highest BCUT2D eigenvalue weighted by Gasteiger charge is 2.26. The molecule has 0 bridgehead atoms. The van der Waals surface area contributed by atoms with Crippen LogP contribution in [0, 0.1) is 11.3 Å². The van der Waals surface area contributed by atoms with Crippen LogP contribution in [0.4, 0.5) is 5.82 Å². The van der Waals surface area contributed by atoms with E-state index >= 15 is 0 Å². The van der Waals surface area contributed by atoms with Gasteiger partial charge in [0.2, 0.25) is 0 Å². The molecule has 3 heteroatoms. The largest absolute Gasteiger partial charge is 0.291 e. The SMILES string of the molecule is N#Cc1c(NCc2ccccc2)[nH+]c(-c2ccccc2)c2c1CCCC2. The van der Waals surface area contributed by atoms with Crippen molar-refractivity contribution >= 4 is 5.82 Å². The molecule has 3 aromatic rings. The maximum absolute atomic E-state index is 9.82. The van der Waals surface area contributed by atoms with Gasteiger partial charge in [-0.3, -0.25) is 5.32 Å². The van der Waals surface area contributed by atoms with Crippen molar-refractivity contribution in [3.05, 3.63) is 82.9 Å². The van der Waals surface area contributed by atoms with E-state index in [0.29, 0.717) is 6.54 Å². The number of nitriles is 1. The van der Waals surface area contributed by atoms with Gasteiger partial charge in [-0.2, -0.15) is 5.26 Å². The standard InChI is InChI=1S/C23H21N3/c24-15-21-19-13-7-8-14-20(19)22(18-11-5-2-6-12-18)26-23(21)25-16-17-9-3-1-4-10-17/h1-6,9-12H,7-8,13-14,16H2,(H,25,26)/p+1. The molecule has 4 rings (SSSR count). The molecule has 0 atom stereocenters. The molecule has 128 valence electrons. The summed E-state index contributed by atoms with van der Waals surface area (Å²) in [6.45, 7) is 0.693. The van der Waals surface area contributed by atoms with Crippen molar-refractivity contribution in [2.45, 2.75) is 32.2 Å². The molecule has 1 aliphatic rings. The Morgan fingerprint density at radius 3 is 2.23 bits per heavy atom. The molecule has 0 unspecified atom stereocenters. The first-order valence-corrected chi connectivity index (χ1v) is 9.21. The van der Waals surface area contributed by atoms with E-state index < -0.39 is 0 Å². The molecule has 0 fully saturated rings. The van der Waals surface area contributed by atoms with Crippen LogP contribution in [0.5, 0.6) is 0 Å². The summed E-state index contributed by atoms with van der Waals surface area (Å²) < 4.78 is 0. The summed E-state index contributed by atoms with van der Waals surface area (Å²) in [4.78, 5) is 3.55. The van der Waals surface area contributed by atoms with Gasteiger partial charge in [0.05, 0.1) is 0 Å². The van der Waals surface area contributed by atoms with Crippen LogP contribution in [0.3, 0.4) is 0 Å². The normalized spacial score (nSPS) is 12.9. The molecule has 1 aliphatic carbocycles. The molecule has 3 nitrogen and oxygen atoms in total. The Kier molecular flexibility index (Phi) is 4.66. The molecule has 1 aromatic heterocycles. The second kappa shape index (κ2) is 7.41. The zero-order chi connectivity index (χ0) is 17.8. The van der Waals surface area contributed by atoms with Gasteiger partial charge in [0.15, 0.2) is 0 Å². The average Bonchev–Trinajstić information content (AvgIpc) is 2.72. The fraction of sp³-hybridized carbons (Fsp3) is 0.217. The van der Waals surface area contributed by atoms with Crippen LogP contribution in [0.25, 0.3) is 11.3 Å². The lowest BCUT2D eigenvalue weighted by Crippen LogP contribution is -2.23. The number of aromatic amines is 1. The van der Waals surface area contributed by atoms with Crippen molar-refractivity contribution in [1.29, 1.82) is 5.26 Å². The second-order valence-electron chi connectivity index (χ2n) is 6.73. The van der Waals surface area contributed by atoms with Gasteiger partial charge in [0.1, 0.15) is 23.9 Å². The maximum Gasteiger partial charge on any atom is 0.291 e. The molecule has 0 amide bonds. The Morgan fingerprint density at radius 2 is 1.54 bits per heavy atom. The number of benzene rings is 2. The van der Waals surface area contributed by atoms with Gasteiger partial charge in [-0.1, -0.05) is 60.7 Å². The van der Waals surface area contributed by atoms with Gasteiger partial charge in [-0.05, 0) is 36.8 Å². The summed E-state index contributed by atoms with van der Waals surface area (Å²) in [5.74, 6) is 0.829. The molecule has 0 radical (unpaired) electrons. The zero-order valence-corrected chi connectivity index (χ0v) is 14.8. The molecule has 1 heterocycles. The van der Waals surface area contributed by atoms with Crippen LogP contribution < -0.4 is 10.3 Å². The van der Waals surface area contributed by atoms with E-state index in [-0.39, 0.29) is 0 Å². The van der Waals surface area contributed by atoms with Crippen molar-refractivity contribution in [2.75, 3.05) is 5.32 Å². The van der Waals surface area contributed by atoms with Crippen LogP contribution in [0.1, 0.15) is 35.1 Å². The first-order valence-electron chi connectivity index (χ1n) is 9.21. The highest BCUT2D eigenvalue weighted by Crippen LogP contribution is 2.33. The number of aromatic nitrogens is 1. The number of hydrogen-bond acceptors (Lipinski definition) is 2. The Morgan fingerprint density at radius 1 is 0.885 bits per heavy atom. The number of rotatable bonds is 4. The Hall–Kier alpha value is -3.12. The van der Waals surface area contributed by atoms with Gasteiger partial charge in [0, 0.05) is 11.1 Å². The maximum atomic E-state index is 9.82. The van der Waals surface area contributed by atoms with Crippen LogP contribution >= 0.6 is 0 Å². The topological polar surface area (TPSA) is 50.0 Å². The third kappa shape index (κ3) is 3.19. The number of fused-ring (bicyclic) bond motifs is 1. The van der Waals surface area contributed by atoms with Gasteiger partial charge in [-0.15, -0.1) is 0 Å². The Labute approximate surface area is 154 Å². The smallest absolute Gasteiger partial charge is 0.269 e. The van der Waals surface area contributed by atoms with Crippen molar-refractivity contribution < 1.29 is 4.98 Å². The Bertz CT molecular complexity index is 941. The highest BCUT2D eigenvalue weighted by molar-refractivity contribution is 5.67. The fourth-order valence-electron chi connectivity index (χ4n) is 3.76. The number of nitrogens with one attached hydrogen (secondary N) is 2. The first-order chi connectivity index (χ1) is 12.9. The molecule has 2 N–H and O–H groups in total. The molecular formula is C23H22N3+. The van der Waals surface area contributed by atoms with E-state index in [2.05, 4.69) is 52.8 Å². The number of anilines is 1. The number of nitrogens with zero attached hydrogens (tertiary/aromatic N) is 1. The summed E-state index contributed by atoms with van der Waals surface area (Å²) >= 11 is 0. The predicted octanol–water partition coefficient (Wildman–Crippen LogP) is 4.53. The minimum absolute atomic E-state index is 0.693. The van der Waals surface area contributed by atoms with E-state index in [1.54, 1.807) is 0 Å². The van der Waals surface area contributed by atoms with Crippen molar-refractivity contribution in [3.8, 4) is 17.3 Å². The van der Waals surface area contributed by atoms with Gasteiger partial charge >= 0.3 is 0 Å². The summed E-state index contributed by atoms with van der Waals surface area (Å²) in [5.41, 5.74) is 6.82. The van der Waals surface area contributed by atoms with Gasteiger partial charge in [-0.25, -0.2) is 4.98 Å². The van der Waals surface area contributed by atoms with Crippen LogP contribution in [0.15, 0.2) is 60.7 Å². The molecule has 0 aliphatic heterocycles. The highest BCUT2D eigenvalue weighted by atomic mass is 15.0. The van der Waals surface area contributed by atoms with Crippen LogP contribution in [0.2, 0.25) is 0 Å². The molecule has 2 aromatic carbocycles. The molecule has 0 spiro atoms. The summed E-state index contributed by atoms with van der Waals surface area (Å²) in [5, 5.41) is 13.3. The quantitative estimate of drug-likeness (QED) is 0.758. The molecule has 0 saturated heterocycles. The van der Waals surface area contributed by atoms with Crippen LogP contribution in [-0.4, -0.2) is 0 Å². The average molecular weight is 340 g/mol. The number of H-pyrrole nitrogens is 1. The number of hydrogen-bond donors (Lipinski definition) is 1. The number of pyridine rings is 1. The summed E-state index contributed by atoms with van der Waals surface area (Å²) in [6, 6.07) is 23.1. The zero-order valence-electron chi connectivity index (χ0n) is 14.8. The van der Waals surface area contributed by atoms with Crippen molar-refractivity contribution in [2.24, 2.45) is 0 Å². The minimum Gasteiger partial charge on any atom is -0.269 e.